The first-order chi connectivity index (χ1) is 6.47. The van der Waals surface area contributed by atoms with Gasteiger partial charge in [-0.2, -0.15) is 0 Å². The average Bonchev–Trinajstić information content (AvgIpc) is 2.15. The number of hydrogen-bond acceptors (Lipinski definition) is 0. The van der Waals surface area contributed by atoms with Crippen molar-refractivity contribution in [2.45, 2.75) is 70.6 Å². The Hall–Kier alpha value is 0. The maximum absolute atomic E-state index is 1.56. The minimum Gasteiger partial charge on any atom is -0.0533 e. The molecule has 0 aromatic rings. The second-order valence-corrected chi connectivity index (χ2v) is 5.15. The van der Waals surface area contributed by atoms with Gasteiger partial charge in [0.05, 0.1) is 0 Å². The third kappa shape index (κ3) is 2.72. The number of rotatable bonds is 1. The summed E-state index contributed by atoms with van der Waals surface area (Å²) < 4.78 is 0. The Bertz CT molecular complexity index is 125. The van der Waals surface area contributed by atoms with E-state index in [9.17, 15) is 0 Å². The molecule has 2 aliphatic carbocycles. The number of hydrogen-bond donors (Lipinski definition) is 0. The average molecular weight is 180 g/mol. The van der Waals surface area contributed by atoms with Crippen LogP contribution in [0.5, 0.6) is 0 Å². The van der Waals surface area contributed by atoms with E-state index in [1.165, 1.54) is 44.9 Å². The summed E-state index contributed by atoms with van der Waals surface area (Å²) in [5.41, 5.74) is 0. The van der Waals surface area contributed by atoms with Gasteiger partial charge < -0.3 is 0 Å². The highest BCUT2D eigenvalue weighted by molar-refractivity contribution is 4.78. The molecule has 0 aliphatic heterocycles. The summed E-state index contributed by atoms with van der Waals surface area (Å²) in [4.78, 5) is 0. The zero-order valence-electron chi connectivity index (χ0n) is 8.93. The molecule has 2 rings (SSSR count). The Labute approximate surface area is 83.1 Å². The summed E-state index contributed by atoms with van der Waals surface area (Å²) in [7, 11) is 0. The van der Waals surface area contributed by atoms with Gasteiger partial charge in [0.2, 0.25) is 0 Å². The molecule has 0 saturated heterocycles. The van der Waals surface area contributed by atoms with E-state index in [2.05, 4.69) is 0 Å². The van der Waals surface area contributed by atoms with E-state index in [-0.39, 0.29) is 0 Å². The van der Waals surface area contributed by atoms with Crippen LogP contribution >= 0.6 is 0 Å². The molecule has 0 N–H and O–H groups in total. The van der Waals surface area contributed by atoms with Crippen LogP contribution in [0.25, 0.3) is 0 Å². The summed E-state index contributed by atoms with van der Waals surface area (Å²) in [5.74, 6) is 2.28. The van der Waals surface area contributed by atoms with Gasteiger partial charge in [0.1, 0.15) is 0 Å². The van der Waals surface area contributed by atoms with Crippen LogP contribution in [0.3, 0.4) is 0 Å². The summed E-state index contributed by atoms with van der Waals surface area (Å²) >= 11 is 0. The van der Waals surface area contributed by atoms with E-state index in [1.807, 2.05) is 0 Å². The normalized spacial score (nSPS) is 28.6. The highest BCUT2D eigenvalue weighted by atomic mass is 14.3. The van der Waals surface area contributed by atoms with Gasteiger partial charge in [0.15, 0.2) is 0 Å². The van der Waals surface area contributed by atoms with Gasteiger partial charge >= 0.3 is 0 Å². The van der Waals surface area contributed by atoms with Crippen molar-refractivity contribution >= 4 is 0 Å². The minimum absolute atomic E-state index is 1.13. The topological polar surface area (TPSA) is 0 Å². The first kappa shape index (κ1) is 9.55. The van der Waals surface area contributed by atoms with E-state index < -0.39 is 0 Å². The van der Waals surface area contributed by atoms with Crippen molar-refractivity contribution in [2.24, 2.45) is 11.8 Å². The van der Waals surface area contributed by atoms with Gasteiger partial charge in [0.25, 0.3) is 0 Å². The molecule has 0 amide bonds. The Balaban J connectivity index is 1.77. The summed E-state index contributed by atoms with van der Waals surface area (Å²) in [6.45, 7) is 0. The quantitative estimate of drug-likeness (QED) is 0.556. The summed E-state index contributed by atoms with van der Waals surface area (Å²) in [6.07, 6.45) is 16.9. The first-order valence-electron chi connectivity index (χ1n) is 6.47. The molecule has 0 bridgehead atoms. The van der Waals surface area contributed by atoms with Gasteiger partial charge in [-0.1, -0.05) is 70.6 Å². The molecular weight excluding hydrogens is 156 g/mol. The molecule has 2 aliphatic rings. The Morgan fingerprint density at radius 3 is 1.15 bits per heavy atom. The predicted molar refractivity (Wildman–Crippen MR) is 57.8 cm³/mol. The summed E-state index contributed by atoms with van der Waals surface area (Å²) in [5, 5.41) is 0. The maximum atomic E-state index is 1.56. The van der Waals surface area contributed by atoms with Crippen LogP contribution in [0.15, 0.2) is 0 Å². The third-order valence-corrected chi connectivity index (χ3v) is 4.22. The lowest BCUT2D eigenvalue weighted by Gasteiger charge is -2.33. The smallest absolute Gasteiger partial charge is 0.0386 e. The Kier molecular flexibility index (Phi) is 3.69. The van der Waals surface area contributed by atoms with Crippen molar-refractivity contribution in [3.63, 3.8) is 0 Å². The molecule has 0 heteroatoms. The van der Waals surface area contributed by atoms with E-state index in [0.717, 1.165) is 11.8 Å². The van der Waals surface area contributed by atoms with Crippen LogP contribution in [0.4, 0.5) is 0 Å². The molecule has 0 spiro atoms. The monoisotopic (exact) mass is 180 g/mol. The molecule has 13 heavy (non-hydrogen) atoms. The van der Waals surface area contributed by atoms with Crippen LogP contribution < -0.4 is 0 Å². The fourth-order valence-electron chi connectivity index (χ4n) is 3.05. The first-order valence-corrected chi connectivity index (χ1v) is 6.47. The lowest BCUT2D eigenvalue weighted by Crippen LogP contribution is -2.21. The molecule has 0 nitrogen and oxygen atoms in total. The SMILES string of the molecule is C1CCCCC(C2CCC2)CCC1. The van der Waals surface area contributed by atoms with Crippen molar-refractivity contribution in [3.05, 3.63) is 0 Å². The van der Waals surface area contributed by atoms with E-state index in [0.29, 0.717) is 0 Å². The van der Waals surface area contributed by atoms with Crippen molar-refractivity contribution in [1.29, 1.82) is 0 Å². The molecule has 0 heterocycles. The molecule has 2 fully saturated rings. The van der Waals surface area contributed by atoms with Crippen LogP contribution in [0, 0.1) is 11.8 Å². The predicted octanol–water partition coefficient (Wildman–Crippen LogP) is 4.54. The second kappa shape index (κ2) is 5.02. The molecule has 2 saturated carbocycles. The second-order valence-electron chi connectivity index (χ2n) is 5.15. The largest absolute Gasteiger partial charge is 0.0533 e. The third-order valence-electron chi connectivity index (χ3n) is 4.22. The van der Waals surface area contributed by atoms with Crippen molar-refractivity contribution in [2.75, 3.05) is 0 Å². The van der Waals surface area contributed by atoms with Crippen molar-refractivity contribution in [3.8, 4) is 0 Å². The van der Waals surface area contributed by atoms with E-state index >= 15 is 0 Å². The lowest BCUT2D eigenvalue weighted by molar-refractivity contribution is 0.181. The molecule has 0 radical (unpaired) electrons. The molecule has 76 valence electrons. The van der Waals surface area contributed by atoms with Crippen molar-refractivity contribution in [1.82, 2.24) is 0 Å². The highest BCUT2D eigenvalue weighted by Gasteiger charge is 2.26. The van der Waals surface area contributed by atoms with Gasteiger partial charge in [0, 0.05) is 0 Å². The van der Waals surface area contributed by atoms with E-state index in [1.54, 1.807) is 25.7 Å². The zero-order valence-corrected chi connectivity index (χ0v) is 8.93. The fraction of sp³-hybridized carbons (Fsp3) is 1.00. The van der Waals surface area contributed by atoms with E-state index in [4.69, 9.17) is 0 Å². The molecule has 0 aromatic heterocycles. The van der Waals surface area contributed by atoms with Gasteiger partial charge in [-0.3, -0.25) is 0 Å². The highest BCUT2D eigenvalue weighted by Crippen LogP contribution is 2.39. The van der Waals surface area contributed by atoms with Crippen LogP contribution in [0.2, 0.25) is 0 Å². The van der Waals surface area contributed by atoms with Crippen LogP contribution in [0.1, 0.15) is 70.6 Å². The van der Waals surface area contributed by atoms with Crippen molar-refractivity contribution < 1.29 is 0 Å². The van der Waals surface area contributed by atoms with Gasteiger partial charge in [-0.25, -0.2) is 0 Å². The molecule has 0 unspecified atom stereocenters. The Morgan fingerprint density at radius 2 is 0.769 bits per heavy atom. The molecule has 0 atom stereocenters. The summed E-state index contributed by atoms with van der Waals surface area (Å²) in [6, 6.07) is 0. The zero-order chi connectivity index (χ0) is 8.93. The maximum Gasteiger partial charge on any atom is -0.0386 e. The van der Waals surface area contributed by atoms with Crippen LogP contribution in [-0.4, -0.2) is 0 Å². The van der Waals surface area contributed by atoms with Gasteiger partial charge in [-0.05, 0) is 11.8 Å². The fourth-order valence-corrected chi connectivity index (χ4v) is 3.05. The molecule has 0 aromatic carbocycles. The molecular formula is C13H24. The standard InChI is InChI=1S/C13H24/c1-2-4-6-9-12(8-5-3-1)13-10-7-11-13/h12-13H,1-11H2. The van der Waals surface area contributed by atoms with Gasteiger partial charge in [-0.15, -0.1) is 0 Å². The Morgan fingerprint density at radius 1 is 0.385 bits per heavy atom. The van der Waals surface area contributed by atoms with Crippen LogP contribution in [-0.2, 0) is 0 Å². The lowest BCUT2D eigenvalue weighted by atomic mass is 9.72. The minimum atomic E-state index is 1.13.